The van der Waals surface area contributed by atoms with E-state index in [1.807, 2.05) is 37.4 Å². The summed E-state index contributed by atoms with van der Waals surface area (Å²) in [6.07, 6.45) is 2.43. The van der Waals surface area contributed by atoms with Gasteiger partial charge in [-0.3, -0.25) is 0 Å². The van der Waals surface area contributed by atoms with Gasteiger partial charge in [0, 0.05) is 25.7 Å². The van der Waals surface area contributed by atoms with Gasteiger partial charge < -0.3 is 20.1 Å². The van der Waals surface area contributed by atoms with Gasteiger partial charge in [-0.2, -0.15) is 0 Å². The van der Waals surface area contributed by atoms with Gasteiger partial charge in [0.05, 0.1) is 0 Å². The summed E-state index contributed by atoms with van der Waals surface area (Å²) in [5, 5.41) is 12.4. The van der Waals surface area contributed by atoms with Gasteiger partial charge in [-0.15, -0.1) is 0 Å². The quantitative estimate of drug-likeness (QED) is 0.844. The Bertz CT molecular complexity index is 444. The topological polar surface area (TPSA) is 61.8 Å². The van der Waals surface area contributed by atoms with E-state index in [-0.39, 0.29) is 12.7 Å². The highest BCUT2D eigenvalue weighted by molar-refractivity contribution is 5.67. The smallest absolute Gasteiger partial charge is 0.410 e. The molecule has 2 N–H and O–H groups in total. The molecule has 1 amide bonds. The molecule has 5 nitrogen and oxygen atoms in total. The predicted octanol–water partition coefficient (Wildman–Crippen LogP) is 2.01. The summed E-state index contributed by atoms with van der Waals surface area (Å²) in [5.41, 5.74) is 1.00. The zero-order valence-corrected chi connectivity index (χ0v) is 13.2. The van der Waals surface area contributed by atoms with Crippen molar-refractivity contribution in [2.24, 2.45) is 5.92 Å². The molecule has 0 aromatic heterocycles. The minimum atomic E-state index is -0.231. The summed E-state index contributed by atoms with van der Waals surface area (Å²) in [7, 11) is 1.93. The van der Waals surface area contributed by atoms with E-state index in [0.717, 1.165) is 37.9 Å². The first-order valence-electron chi connectivity index (χ1n) is 7.98. The summed E-state index contributed by atoms with van der Waals surface area (Å²) in [5.74, 6) is 0.510. The molecule has 22 heavy (non-hydrogen) atoms. The maximum absolute atomic E-state index is 12.1. The van der Waals surface area contributed by atoms with Crippen molar-refractivity contribution >= 4 is 6.09 Å². The third kappa shape index (κ3) is 4.71. The lowest BCUT2D eigenvalue weighted by Crippen LogP contribution is -2.44. The largest absolute Gasteiger partial charge is 0.445 e. The number of hydrogen-bond acceptors (Lipinski definition) is 4. The number of carbonyl (C=O) groups excluding carboxylic acids is 1. The van der Waals surface area contributed by atoms with Gasteiger partial charge in [0.1, 0.15) is 6.61 Å². The van der Waals surface area contributed by atoms with Crippen LogP contribution in [0.3, 0.4) is 0 Å². The monoisotopic (exact) mass is 306 g/mol. The summed E-state index contributed by atoms with van der Waals surface area (Å²) in [6.45, 7) is 1.97. The fraction of sp³-hybridized carbons (Fsp3) is 0.588. The van der Waals surface area contributed by atoms with Gasteiger partial charge in [-0.1, -0.05) is 30.3 Å². The average molecular weight is 306 g/mol. The van der Waals surface area contributed by atoms with Gasteiger partial charge in [0.2, 0.25) is 0 Å². The molecule has 2 rings (SSSR count). The second kappa shape index (κ2) is 8.76. The maximum Gasteiger partial charge on any atom is 0.410 e. The number of likely N-dealkylation sites (tertiary alicyclic amines) is 1. The van der Waals surface area contributed by atoms with E-state index in [4.69, 9.17) is 9.84 Å². The highest BCUT2D eigenvalue weighted by Crippen LogP contribution is 2.22. The molecule has 1 aromatic rings. The predicted molar refractivity (Wildman–Crippen MR) is 85.5 cm³/mol. The van der Waals surface area contributed by atoms with Crippen molar-refractivity contribution in [2.45, 2.75) is 31.9 Å². The molecule has 0 bridgehead atoms. The van der Waals surface area contributed by atoms with Crippen molar-refractivity contribution in [2.75, 3.05) is 26.7 Å². The Balaban J connectivity index is 1.75. The second-order valence-corrected chi connectivity index (χ2v) is 5.77. The van der Waals surface area contributed by atoms with Gasteiger partial charge >= 0.3 is 6.09 Å². The molecule has 1 atom stereocenters. The van der Waals surface area contributed by atoms with E-state index >= 15 is 0 Å². The zero-order chi connectivity index (χ0) is 15.8. The molecule has 1 aliphatic heterocycles. The molecule has 1 saturated heterocycles. The minimum Gasteiger partial charge on any atom is -0.445 e. The Morgan fingerprint density at radius 1 is 1.36 bits per heavy atom. The number of ether oxygens (including phenoxy) is 1. The van der Waals surface area contributed by atoms with Crippen LogP contribution in [0.15, 0.2) is 30.3 Å². The summed E-state index contributed by atoms with van der Waals surface area (Å²) < 4.78 is 5.37. The number of aliphatic hydroxyl groups excluding tert-OH is 1. The third-order valence-electron chi connectivity index (χ3n) is 4.38. The van der Waals surface area contributed by atoms with Crippen molar-refractivity contribution in [1.29, 1.82) is 0 Å². The number of rotatable bonds is 6. The first-order chi connectivity index (χ1) is 10.7. The fourth-order valence-corrected chi connectivity index (χ4v) is 3.05. The Morgan fingerprint density at radius 3 is 2.64 bits per heavy atom. The number of piperidine rings is 1. The van der Waals surface area contributed by atoms with Crippen LogP contribution in [-0.2, 0) is 11.3 Å². The van der Waals surface area contributed by atoms with Gasteiger partial charge in [-0.05, 0) is 37.8 Å². The number of amides is 1. The zero-order valence-electron chi connectivity index (χ0n) is 13.2. The molecule has 1 heterocycles. The minimum absolute atomic E-state index is 0.199. The number of carbonyl (C=O) groups is 1. The van der Waals surface area contributed by atoms with E-state index in [0.29, 0.717) is 18.6 Å². The van der Waals surface area contributed by atoms with Crippen molar-refractivity contribution in [3.63, 3.8) is 0 Å². The first kappa shape index (κ1) is 16.8. The van der Waals surface area contributed by atoms with Gasteiger partial charge in [0.25, 0.3) is 0 Å². The highest BCUT2D eigenvalue weighted by atomic mass is 16.6. The van der Waals surface area contributed by atoms with E-state index in [9.17, 15) is 4.79 Å². The maximum atomic E-state index is 12.1. The molecule has 5 heteroatoms. The number of hydrogen-bond donors (Lipinski definition) is 2. The van der Waals surface area contributed by atoms with Crippen LogP contribution in [0.1, 0.15) is 24.8 Å². The lowest BCUT2D eigenvalue weighted by Gasteiger charge is -2.35. The van der Waals surface area contributed by atoms with Crippen LogP contribution in [0, 0.1) is 5.92 Å². The van der Waals surface area contributed by atoms with Crippen LogP contribution < -0.4 is 5.32 Å². The Kier molecular flexibility index (Phi) is 6.68. The molecular formula is C17H26N2O3. The molecular weight excluding hydrogens is 280 g/mol. The lowest BCUT2D eigenvalue weighted by atomic mass is 9.88. The van der Waals surface area contributed by atoms with Gasteiger partial charge in [0.15, 0.2) is 0 Å². The van der Waals surface area contributed by atoms with E-state index < -0.39 is 0 Å². The molecule has 0 spiro atoms. The molecule has 1 fully saturated rings. The Morgan fingerprint density at radius 2 is 2.05 bits per heavy atom. The number of nitrogens with one attached hydrogen (secondary N) is 1. The normalized spacial score (nSPS) is 17.3. The molecule has 0 aliphatic carbocycles. The number of aliphatic hydroxyl groups is 1. The summed E-state index contributed by atoms with van der Waals surface area (Å²) in [4.78, 5) is 13.9. The number of benzene rings is 1. The molecule has 0 radical (unpaired) electrons. The molecule has 0 saturated carbocycles. The Hall–Kier alpha value is -1.59. The van der Waals surface area contributed by atoms with Crippen molar-refractivity contribution in [1.82, 2.24) is 10.2 Å². The number of nitrogens with zero attached hydrogens (tertiary/aromatic N) is 1. The molecule has 1 aliphatic rings. The highest BCUT2D eigenvalue weighted by Gasteiger charge is 2.28. The van der Waals surface area contributed by atoms with Gasteiger partial charge in [-0.25, -0.2) is 4.79 Å². The van der Waals surface area contributed by atoms with Crippen LogP contribution in [0.25, 0.3) is 0 Å². The van der Waals surface area contributed by atoms with Crippen molar-refractivity contribution in [3.05, 3.63) is 35.9 Å². The van der Waals surface area contributed by atoms with Crippen molar-refractivity contribution in [3.8, 4) is 0 Å². The fourth-order valence-electron chi connectivity index (χ4n) is 3.05. The van der Waals surface area contributed by atoms with Crippen LogP contribution >= 0.6 is 0 Å². The van der Waals surface area contributed by atoms with E-state index in [1.165, 1.54) is 0 Å². The Labute approximate surface area is 132 Å². The second-order valence-electron chi connectivity index (χ2n) is 5.77. The SMILES string of the molecule is CN[C@H](CCO)C1CCN(C(=O)OCc2ccccc2)CC1. The summed E-state index contributed by atoms with van der Waals surface area (Å²) in [6, 6.07) is 10.0. The van der Waals surface area contributed by atoms with Crippen LogP contribution in [0.2, 0.25) is 0 Å². The van der Waals surface area contributed by atoms with Crippen molar-refractivity contribution < 1.29 is 14.6 Å². The standard InChI is InChI=1S/C17H26N2O3/c1-18-16(9-12-20)15-7-10-19(11-8-15)17(21)22-13-14-5-3-2-4-6-14/h2-6,15-16,18,20H,7-13H2,1H3/t16-/m1/s1. The molecule has 1 aromatic carbocycles. The van der Waals surface area contributed by atoms with Crippen LogP contribution in [0.4, 0.5) is 4.79 Å². The summed E-state index contributed by atoms with van der Waals surface area (Å²) >= 11 is 0. The average Bonchev–Trinajstić information content (AvgIpc) is 2.58. The van der Waals surface area contributed by atoms with E-state index in [1.54, 1.807) is 4.90 Å². The lowest BCUT2D eigenvalue weighted by molar-refractivity contribution is 0.0768. The van der Waals surface area contributed by atoms with Crippen LogP contribution in [-0.4, -0.2) is 48.9 Å². The van der Waals surface area contributed by atoms with Crippen LogP contribution in [0.5, 0.6) is 0 Å². The van der Waals surface area contributed by atoms with E-state index in [2.05, 4.69) is 5.32 Å². The molecule has 122 valence electrons. The third-order valence-corrected chi connectivity index (χ3v) is 4.38. The first-order valence-corrected chi connectivity index (χ1v) is 7.98. The molecule has 0 unspecified atom stereocenters.